The molecule has 1 N–H and O–H groups in total. The minimum Gasteiger partial charge on any atom is -0.314 e. The van der Waals surface area contributed by atoms with Gasteiger partial charge >= 0.3 is 5.97 Å². The molecule has 0 aliphatic rings. The van der Waals surface area contributed by atoms with E-state index in [2.05, 4.69) is 10.4 Å². The molecule has 0 radical (unpaired) electrons. The normalized spacial score (nSPS) is 9.60. The van der Waals surface area contributed by atoms with Crippen LogP contribution in [0.5, 0.6) is 0 Å². The van der Waals surface area contributed by atoms with Gasteiger partial charge in [-0.3, -0.25) is 4.79 Å². The molecule has 0 aliphatic heterocycles. The Morgan fingerprint density at radius 2 is 2.05 bits per heavy atom. The number of nitrogens with zero attached hydrogens (tertiary/aromatic N) is 3. The van der Waals surface area contributed by atoms with Crippen LogP contribution in [0.1, 0.15) is 22.8 Å². The molecule has 0 unspecified atom stereocenters. The molecule has 2 rings (SSSR count). The quantitative estimate of drug-likeness (QED) is 0.896. The summed E-state index contributed by atoms with van der Waals surface area (Å²) in [4.78, 5) is 28.6. The first-order valence-corrected chi connectivity index (χ1v) is 5.65. The summed E-state index contributed by atoms with van der Waals surface area (Å²) in [5, 5.41) is 15.1. The fourth-order valence-corrected chi connectivity index (χ4v) is 1.45. The lowest BCUT2D eigenvalue weighted by atomic mass is 10.2. The van der Waals surface area contributed by atoms with Gasteiger partial charge in [0.15, 0.2) is 5.82 Å². The zero-order valence-electron chi connectivity index (χ0n) is 10.5. The van der Waals surface area contributed by atoms with Crippen LogP contribution in [-0.2, 0) is 4.79 Å². The molecule has 1 aromatic carbocycles. The zero-order chi connectivity index (χ0) is 14.5. The van der Waals surface area contributed by atoms with E-state index in [1.54, 1.807) is 30.3 Å². The molecule has 0 saturated heterocycles. The molecular formula is C13H10N4O3. The molecule has 0 atom stereocenters. The number of rotatable bonds is 3. The highest BCUT2D eigenvalue weighted by molar-refractivity contribution is 5.90. The lowest BCUT2D eigenvalue weighted by molar-refractivity contribution is -0.114. The SMILES string of the molecule is CC(=O)Nc1nn(OC(=O)c2ccccc2)cc1C#N. The topological polar surface area (TPSA) is 97.0 Å². The van der Waals surface area contributed by atoms with Crippen LogP contribution >= 0.6 is 0 Å². The van der Waals surface area contributed by atoms with Gasteiger partial charge in [-0.25, -0.2) is 4.79 Å². The van der Waals surface area contributed by atoms with Crippen molar-refractivity contribution in [3.63, 3.8) is 0 Å². The maximum Gasteiger partial charge on any atom is 0.365 e. The Morgan fingerprint density at radius 3 is 2.65 bits per heavy atom. The molecule has 0 fully saturated rings. The maximum absolute atomic E-state index is 11.8. The maximum atomic E-state index is 11.8. The first-order valence-electron chi connectivity index (χ1n) is 5.65. The third-order valence-corrected chi connectivity index (χ3v) is 2.29. The number of hydrogen-bond donors (Lipinski definition) is 1. The first kappa shape index (κ1) is 13.3. The Bertz CT molecular complexity index is 685. The van der Waals surface area contributed by atoms with E-state index in [9.17, 15) is 9.59 Å². The Hall–Kier alpha value is -3.14. The number of nitrogens with one attached hydrogen (secondary N) is 1. The van der Waals surface area contributed by atoms with Crippen molar-refractivity contribution in [3.05, 3.63) is 47.7 Å². The van der Waals surface area contributed by atoms with Crippen molar-refractivity contribution in [2.24, 2.45) is 0 Å². The molecule has 0 saturated carbocycles. The first-order chi connectivity index (χ1) is 9.60. The van der Waals surface area contributed by atoms with Crippen LogP contribution in [0, 0.1) is 11.3 Å². The van der Waals surface area contributed by atoms with Gasteiger partial charge < -0.3 is 10.2 Å². The number of carbonyl (C=O) groups excluding carboxylic acids is 2. The largest absolute Gasteiger partial charge is 0.365 e. The van der Waals surface area contributed by atoms with Crippen molar-refractivity contribution < 1.29 is 14.4 Å². The summed E-state index contributed by atoms with van der Waals surface area (Å²) in [5.41, 5.74) is 0.448. The molecule has 1 heterocycles. The highest BCUT2D eigenvalue weighted by atomic mass is 16.7. The number of nitriles is 1. The van der Waals surface area contributed by atoms with Crippen LogP contribution in [-0.4, -0.2) is 21.8 Å². The van der Waals surface area contributed by atoms with E-state index in [4.69, 9.17) is 10.1 Å². The van der Waals surface area contributed by atoms with E-state index in [-0.39, 0.29) is 17.3 Å². The van der Waals surface area contributed by atoms with Gasteiger partial charge in [0.25, 0.3) is 0 Å². The van der Waals surface area contributed by atoms with Gasteiger partial charge in [0.05, 0.1) is 11.8 Å². The summed E-state index contributed by atoms with van der Waals surface area (Å²) in [6.45, 7) is 1.29. The van der Waals surface area contributed by atoms with E-state index < -0.39 is 5.97 Å². The summed E-state index contributed by atoms with van der Waals surface area (Å²) in [5.74, 6) is -0.950. The van der Waals surface area contributed by atoms with Crippen molar-refractivity contribution in [2.45, 2.75) is 6.92 Å². The highest BCUT2D eigenvalue weighted by Gasteiger charge is 2.14. The summed E-state index contributed by atoms with van der Waals surface area (Å²) >= 11 is 0. The fraction of sp³-hybridized carbons (Fsp3) is 0.0769. The fourth-order valence-electron chi connectivity index (χ4n) is 1.45. The lowest BCUT2D eigenvalue weighted by Crippen LogP contribution is -2.20. The lowest BCUT2D eigenvalue weighted by Gasteiger charge is -2.02. The van der Waals surface area contributed by atoms with Crippen LogP contribution in [0.4, 0.5) is 5.82 Å². The average Bonchev–Trinajstić information content (AvgIpc) is 2.80. The number of amides is 1. The zero-order valence-corrected chi connectivity index (χ0v) is 10.5. The smallest absolute Gasteiger partial charge is 0.314 e. The van der Waals surface area contributed by atoms with Gasteiger partial charge in [-0.05, 0) is 12.1 Å². The number of carbonyl (C=O) groups is 2. The Kier molecular flexibility index (Phi) is 3.77. The minimum atomic E-state index is -0.619. The molecular weight excluding hydrogens is 260 g/mol. The Labute approximate surface area is 114 Å². The number of hydrogen-bond acceptors (Lipinski definition) is 5. The highest BCUT2D eigenvalue weighted by Crippen LogP contribution is 2.11. The van der Waals surface area contributed by atoms with Crippen molar-refractivity contribution in [1.82, 2.24) is 9.94 Å². The Morgan fingerprint density at radius 1 is 1.35 bits per heavy atom. The third kappa shape index (κ3) is 3.00. The van der Waals surface area contributed by atoms with Gasteiger partial charge in [-0.15, -0.1) is 5.10 Å². The van der Waals surface area contributed by atoms with Gasteiger partial charge in [-0.2, -0.15) is 5.26 Å². The predicted molar refractivity (Wildman–Crippen MR) is 68.6 cm³/mol. The standard InChI is InChI=1S/C13H10N4O3/c1-9(18)15-12-11(7-14)8-17(16-12)20-13(19)10-5-3-2-4-6-10/h2-6,8H,1H3,(H,15,16,18). The molecule has 7 nitrogen and oxygen atoms in total. The third-order valence-electron chi connectivity index (χ3n) is 2.29. The van der Waals surface area contributed by atoms with Gasteiger partial charge in [0.1, 0.15) is 11.6 Å². The second-order valence-electron chi connectivity index (χ2n) is 3.83. The molecule has 1 amide bonds. The van der Waals surface area contributed by atoms with Crippen molar-refractivity contribution in [2.75, 3.05) is 5.32 Å². The average molecular weight is 270 g/mol. The van der Waals surface area contributed by atoms with Gasteiger partial charge in [0, 0.05) is 6.92 Å². The van der Waals surface area contributed by atoms with Crippen molar-refractivity contribution in [3.8, 4) is 6.07 Å². The molecule has 2 aromatic rings. The van der Waals surface area contributed by atoms with E-state index in [0.717, 1.165) is 4.85 Å². The summed E-state index contributed by atoms with van der Waals surface area (Å²) in [6, 6.07) is 10.2. The van der Waals surface area contributed by atoms with Crippen LogP contribution in [0.2, 0.25) is 0 Å². The molecule has 7 heteroatoms. The molecule has 100 valence electrons. The monoisotopic (exact) mass is 270 g/mol. The minimum absolute atomic E-state index is 0.0425. The summed E-state index contributed by atoms with van der Waals surface area (Å²) in [7, 11) is 0. The molecule has 0 aliphatic carbocycles. The molecule has 20 heavy (non-hydrogen) atoms. The predicted octanol–water partition coefficient (Wildman–Crippen LogP) is 0.982. The van der Waals surface area contributed by atoms with Gasteiger partial charge in [0.2, 0.25) is 5.91 Å². The van der Waals surface area contributed by atoms with Crippen LogP contribution in [0.25, 0.3) is 0 Å². The second-order valence-corrected chi connectivity index (χ2v) is 3.83. The molecule has 0 bridgehead atoms. The molecule has 1 aromatic heterocycles. The van der Waals surface area contributed by atoms with Crippen LogP contribution < -0.4 is 10.2 Å². The van der Waals surface area contributed by atoms with E-state index >= 15 is 0 Å². The second kappa shape index (κ2) is 5.67. The number of anilines is 1. The van der Waals surface area contributed by atoms with E-state index in [0.29, 0.717) is 5.56 Å². The molecule has 0 spiro atoms. The summed E-state index contributed by atoms with van der Waals surface area (Å²) in [6.07, 6.45) is 1.21. The van der Waals surface area contributed by atoms with E-state index in [1.165, 1.54) is 13.1 Å². The van der Waals surface area contributed by atoms with Crippen LogP contribution in [0.15, 0.2) is 36.5 Å². The van der Waals surface area contributed by atoms with Crippen molar-refractivity contribution >= 4 is 17.7 Å². The van der Waals surface area contributed by atoms with E-state index in [1.807, 2.05) is 6.07 Å². The Balaban J connectivity index is 2.18. The van der Waals surface area contributed by atoms with Crippen molar-refractivity contribution in [1.29, 1.82) is 5.26 Å². The number of aromatic nitrogens is 2. The van der Waals surface area contributed by atoms with Gasteiger partial charge in [-0.1, -0.05) is 23.0 Å². The van der Waals surface area contributed by atoms with Crippen LogP contribution in [0.3, 0.4) is 0 Å². The number of benzene rings is 1. The summed E-state index contributed by atoms with van der Waals surface area (Å²) < 4.78 is 0.